The quantitative estimate of drug-likeness (QED) is 0.907. The Balaban J connectivity index is 1.55. The van der Waals surface area contributed by atoms with Crippen molar-refractivity contribution in [3.8, 4) is 0 Å². The molecule has 0 radical (unpaired) electrons. The van der Waals surface area contributed by atoms with Gasteiger partial charge in [0.2, 0.25) is 0 Å². The van der Waals surface area contributed by atoms with Crippen molar-refractivity contribution in [2.24, 2.45) is 5.92 Å². The van der Waals surface area contributed by atoms with Gasteiger partial charge in [-0.1, -0.05) is 30.3 Å². The molecule has 1 aliphatic heterocycles. The molecule has 2 N–H and O–H groups in total. The van der Waals surface area contributed by atoms with Crippen LogP contribution in [0.25, 0.3) is 10.8 Å². The van der Waals surface area contributed by atoms with E-state index >= 15 is 0 Å². The highest BCUT2D eigenvalue weighted by Crippen LogP contribution is 2.19. The van der Waals surface area contributed by atoms with Gasteiger partial charge in [0.15, 0.2) is 0 Å². The fourth-order valence-electron chi connectivity index (χ4n) is 2.63. The van der Waals surface area contributed by atoms with Crippen LogP contribution in [-0.2, 0) is 4.74 Å². The fraction of sp³-hybridized carbons (Fsp3) is 0.353. The third-order valence-corrected chi connectivity index (χ3v) is 3.90. The predicted molar refractivity (Wildman–Crippen MR) is 84.5 cm³/mol. The first-order valence-electron chi connectivity index (χ1n) is 7.43. The van der Waals surface area contributed by atoms with Crippen molar-refractivity contribution in [1.29, 1.82) is 0 Å². The van der Waals surface area contributed by atoms with Crippen LogP contribution >= 0.6 is 0 Å². The van der Waals surface area contributed by atoms with Crippen LogP contribution in [0.5, 0.6) is 0 Å². The van der Waals surface area contributed by atoms with Gasteiger partial charge in [-0.3, -0.25) is 0 Å². The summed E-state index contributed by atoms with van der Waals surface area (Å²) < 4.78 is 5.31. The van der Waals surface area contributed by atoms with Crippen LogP contribution in [0.1, 0.15) is 12.8 Å². The van der Waals surface area contributed by atoms with Gasteiger partial charge in [-0.15, -0.1) is 0 Å². The zero-order chi connectivity index (χ0) is 14.5. The highest BCUT2D eigenvalue weighted by molar-refractivity contribution is 5.93. The van der Waals surface area contributed by atoms with E-state index in [1.165, 1.54) is 5.39 Å². The number of benzene rings is 2. The zero-order valence-electron chi connectivity index (χ0n) is 12.0. The molecule has 21 heavy (non-hydrogen) atoms. The van der Waals surface area contributed by atoms with E-state index in [9.17, 15) is 4.79 Å². The van der Waals surface area contributed by atoms with Crippen LogP contribution in [0.3, 0.4) is 0 Å². The average molecular weight is 284 g/mol. The molecule has 2 aromatic carbocycles. The third-order valence-electron chi connectivity index (χ3n) is 3.90. The minimum Gasteiger partial charge on any atom is -0.381 e. The van der Waals surface area contributed by atoms with Crippen molar-refractivity contribution in [2.45, 2.75) is 12.8 Å². The molecule has 4 nitrogen and oxygen atoms in total. The van der Waals surface area contributed by atoms with Crippen LogP contribution in [0.4, 0.5) is 10.5 Å². The third kappa shape index (κ3) is 3.73. The van der Waals surface area contributed by atoms with Crippen LogP contribution in [-0.4, -0.2) is 25.8 Å². The molecule has 1 saturated heterocycles. The molecule has 2 amide bonds. The van der Waals surface area contributed by atoms with Crippen molar-refractivity contribution in [2.75, 3.05) is 25.1 Å². The maximum Gasteiger partial charge on any atom is 0.319 e. The lowest BCUT2D eigenvalue weighted by Gasteiger charge is -2.22. The van der Waals surface area contributed by atoms with E-state index in [4.69, 9.17) is 4.74 Å². The number of carbonyl (C=O) groups excluding carboxylic acids is 1. The number of hydrogen-bond acceptors (Lipinski definition) is 2. The largest absolute Gasteiger partial charge is 0.381 e. The second kappa shape index (κ2) is 6.59. The summed E-state index contributed by atoms with van der Waals surface area (Å²) in [6.07, 6.45) is 2.05. The van der Waals surface area contributed by atoms with Gasteiger partial charge in [-0.2, -0.15) is 0 Å². The topological polar surface area (TPSA) is 50.4 Å². The number of anilines is 1. The van der Waals surface area contributed by atoms with Crippen molar-refractivity contribution >= 4 is 22.5 Å². The van der Waals surface area contributed by atoms with Crippen molar-refractivity contribution in [1.82, 2.24) is 5.32 Å². The molecule has 110 valence electrons. The number of urea groups is 1. The van der Waals surface area contributed by atoms with E-state index in [0.717, 1.165) is 37.1 Å². The summed E-state index contributed by atoms with van der Waals surface area (Å²) >= 11 is 0. The van der Waals surface area contributed by atoms with Gasteiger partial charge in [0.05, 0.1) is 0 Å². The first-order valence-corrected chi connectivity index (χ1v) is 7.43. The Hall–Kier alpha value is -2.07. The summed E-state index contributed by atoms with van der Waals surface area (Å²) in [4.78, 5) is 11.9. The second-order valence-corrected chi connectivity index (χ2v) is 5.45. The molecule has 0 atom stereocenters. The Morgan fingerprint density at radius 3 is 2.67 bits per heavy atom. The van der Waals surface area contributed by atoms with Gasteiger partial charge < -0.3 is 15.4 Å². The molecular weight excluding hydrogens is 264 g/mol. The second-order valence-electron chi connectivity index (χ2n) is 5.45. The molecule has 2 aromatic rings. The molecule has 1 aliphatic rings. The van der Waals surface area contributed by atoms with E-state index in [1.54, 1.807) is 0 Å². The lowest BCUT2D eigenvalue weighted by molar-refractivity contribution is 0.0671. The molecule has 3 rings (SSSR count). The van der Waals surface area contributed by atoms with E-state index in [-0.39, 0.29) is 6.03 Å². The summed E-state index contributed by atoms with van der Waals surface area (Å²) in [6, 6.07) is 13.9. The normalized spacial score (nSPS) is 15.8. The number of carbonyl (C=O) groups is 1. The molecule has 0 saturated carbocycles. The highest BCUT2D eigenvalue weighted by atomic mass is 16.5. The Kier molecular flexibility index (Phi) is 4.36. The van der Waals surface area contributed by atoms with Gasteiger partial charge in [0.25, 0.3) is 0 Å². The van der Waals surface area contributed by atoms with Gasteiger partial charge >= 0.3 is 6.03 Å². The highest BCUT2D eigenvalue weighted by Gasteiger charge is 2.14. The summed E-state index contributed by atoms with van der Waals surface area (Å²) in [5, 5.41) is 8.13. The summed E-state index contributed by atoms with van der Waals surface area (Å²) in [5.74, 6) is 0.529. The number of ether oxygens (including phenoxy) is 1. The molecule has 0 aromatic heterocycles. The first kappa shape index (κ1) is 13.9. The minimum atomic E-state index is -0.142. The van der Waals surface area contributed by atoms with Crippen LogP contribution in [0.15, 0.2) is 42.5 Å². The smallest absolute Gasteiger partial charge is 0.319 e. The Labute approximate surface area is 124 Å². The zero-order valence-corrected chi connectivity index (χ0v) is 12.0. The monoisotopic (exact) mass is 284 g/mol. The number of nitrogens with one attached hydrogen (secondary N) is 2. The standard InChI is InChI=1S/C17H20N2O2/c20-17(18-12-13-7-9-21-10-8-13)19-16-6-5-14-3-1-2-4-15(14)11-16/h1-6,11,13H,7-10,12H2,(H2,18,19,20). The van der Waals surface area contributed by atoms with Gasteiger partial charge in [-0.25, -0.2) is 4.79 Å². The summed E-state index contributed by atoms with van der Waals surface area (Å²) in [6.45, 7) is 2.32. The van der Waals surface area contributed by atoms with Gasteiger partial charge in [0.1, 0.15) is 0 Å². The van der Waals surface area contributed by atoms with Crippen molar-refractivity contribution in [3.63, 3.8) is 0 Å². The summed E-state index contributed by atoms with van der Waals surface area (Å²) in [5.41, 5.74) is 0.818. The minimum absolute atomic E-state index is 0.142. The Bertz CT molecular complexity index is 621. The Morgan fingerprint density at radius 1 is 1.10 bits per heavy atom. The first-order chi connectivity index (χ1) is 10.3. The lowest BCUT2D eigenvalue weighted by atomic mass is 10.0. The molecular formula is C17H20N2O2. The number of amides is 2. The van der Waals surface area contributed by atoms with E-state index in [2.05, 4.69) is 16.7 Å². The lowest BCUT2D eigenvalue weighted by Crippen LogP contribution is -2.35. The van der Waals surface area contributed by atoms with E-state index in [0.29, 0.717) is 12.5 Å². The van der Waals surface area contributed by atoms with Gasteiger partial charge in [-0.05, 0) is 41.7 Å². The molecule has 1 fully saturated rings. The predicted octanol–water partition coefficient (Wildman–Crippen LogP) is 3.39. The molecule has 0 bridgehead atoms. The van der Waals surface area contributed by atoms with Crippen molar-refractivity contribution in [3.05, 3.63) is 42.5 Å². The molecule has 1 heterocycles. The molecule has 4 heteroatoms. The van der Waals surface area contributed by atoms with Crippen LogP contribution < -0.4 is 10.6 Å². The molecule has 0 unspecified atom stereocenters. The van der Waals surface area contributed by atoms with Crippen LogP contribution in [0, 0.1) is 5.92 Å². The molecule has 0 aliphatic carbocycles. The van der Waals surface area contributed by atoms with Gasteiger partial charge in [0, 0.05) is 25.4 Å². The summed E-state index contributed by atoms with van der Waals surface area (Å²) in [7, 11) is 0. The van der Waals surface area contributed by atoms with E-state index in [1.807, 2.05) is 36.4 Å². The molecule has 0 spiro atoms. The average Bonchev–Trinajstić information content (AvgIpc) is 2.54. The SMILES string of the molecule is O=C(NCC1CCOCC1)Nc1ccc2ccccc2c1. The fourth-order valence-corrected chi connectivity index (χ4v) is 2.63. The van der Waals surface area contributed by atoms with Crippen molar-refractivity contribution < 1.29 is 9.53 Å². The maximum atomic E-state index is 11.9. The maximum absolute atomic E-state index is 11.9. The van der Waals surface area contributed by atoms with E-state index < -0.39 is 0 Å². The number of fused-ring (bicyclic) bond motifs is 1. The number of rotatable bonds is 3. The van der Waals surface area contributed by atoms with Crippen LogP contribution in [0.2, 0.25) is 0 Å². The Morgan fingerprint density at radius 2 is 1.86 bits per heavy atom. The number of hydrogen-bond donors (Lipinski definition) is 2.